The van der Waals surface area contributed by atoms with Gasteiger partial charge in [-0.3, -0.25) is 9.36 Å². The summed E-state index contributed by atoms with van der Waals surface area (Å²) in [7, 11) is 0. The van der Waals surface area contributed by atoms with Gasteiger partial charge in [-0.05, 0) is 57.9 Å². The molecule has 0 spiro atoms. The van der Waals surface area contributed by atoms with Crippen LogP contribution < -0.4 is 5.32 Å². The van der Waals surface area contributed by atoms with Gasteiger partial charge in [-0.2, -0.15) is 0 Å². The number of halogens is 1. The van der Waals surface area contributed by atoms with Gasteiger partial charge in [0.2, 0.25) is 5.91 Å². The number of aromatic nitrogens is 3. The van der Waals surface area contributed by atoms with Crippen LogP contribution in [0.25, 0.3) is 11.4 Å². The third-order valence-corrected chi connectivity index (χ3v) is 5.51. The Kier molecular flexibility index (Phi) is 6.37. The Bertz CT molecular complexity index is 1020. The van der Waals surface area contributed by atoms with E-state index < -0.39 is 0 Å². The van der Waals surface area contributed by atoms with E-state index in [1.165, 1.54) is 17.8 Å². The molecule has 29 heavy (non-hydrogen) atoms. The summed E-state index contributed by atoms with van der Waals surface area (Å²) in [5.74, 6) is 0.193. The van der Waals surface area contributed by atoms with Crippen LogP contribution in [0.3, 0.4) is 0 Å². The number of thioether (sulfide) groups is 1. The third-order valence-electron chi connectivity index (χ3n) is 4.57. The SMILES string of the molecule is Cc1cc(C)c(NC(=O)CSc2nnc(-c3ccccc3F)n2C(C)C)c(C)c1. The first-order chi connectivity index (χ1) is 13.8. The van der Waals surface area contributed by atoms with Crippen LogP contribution in [-0.2, 0) is 4.79 Å². The fraction of sp³-hybridized carbons (Fsp3) is 0.318. The van der Waals surface area contributed by atoms with Crippen LogP contribution in [0.5, 0.6) is 0 Å². The number of carbonyl (C=O) groups is 1. The van der Waals surface area contributed by atoms with Crippen LogP contribution in [-0.4, -0.2) is 26.4 Å². The molecular formula is C22H25FN4OS. The van der Waals surface area contributed by atoms with Gasteiger partial charge >= 0.3 is 0 Å². The van der Waals surface area contributed by atoms with Crippen LogP contribution in [0.2, 0.25) is 0 Å². The quantitative estimate of drug-likeness (QED) is 0.557. The van der Waals surface area contributed by atoms with Gasteiger partial charge in [0.05, 0.1) is 11.3 Å². The predicted molar refractivity (Wildman–Crippen MR) is 116 cm³/mol. The molecule has 0 radical (unpaired) electrons. The van der Waals surface area contributed by atoms with Crippen molar-refractivity contribution in [1.82, 2.24) is 14.8 Å². The minimum absolute atomic E-state index is 0.0201. The van der Waals surface area contributed by atoms with E-state index in [4.69, 9.17) is 0 Å². The van der Waals surface area contributed by atoms with Gasteiger partial charge in [0.1, 0.15) is 5.82 Å². The highest BCUT2D eigenvalue weighted by Gasteiger charge is 2.20. The molecule has 152 valence electrons. The number of nitrogens with one attached hydrogen (secondary N) is 1. The molecule has 1 heterocycles. The van der Waals surface area contributed by atoms with E-state index in [1.807, 2.05) is 51.3 Å². The lowest BCUT2D eigenvalue weighted by atomic mass is 10.1. The summed E-state index contributed by atoms with van der Waals surface area (Å²) >= 11 is 1.29. The summed E-state index contributed by atoms with van der Waals surface area (Å²) in [5, 5.41) is 12.0. The molecule has 0 bridgehead atoms. The second-order valence-electron chi connectivity index (χ2n) is 7.36. The maximum atomic E-state index is 14.2. The molecular weight excluding hydrogens is 387 g/mol. The zero-order valence-corrected chi connectivity index (χ0v) is 18.1. The van der Waals surface area contributed by atoms with Gasteiger partial charge in [0, 0.05) is 11.7 Å². The van der Waals surface area contributed by atoms with E-state index in [0.29, 0.717) is 16.5 Å². The fourth-order valence-corrected chi connectivity index (χ4v) is 4.22. The standard InChI is InChI=1S/C22H25FN4OS/c1-13(2)27-21(17-8-6-7-9-18(17)23)25-26-22(27)29-12-19(28)24-20-15(4)10-14(3)11-16(20)5/h6-11,13H,12H2,1-5H3,(H,24,28). The molecule has 7 heteroatoms. The second kappa shape index (κ2) is 8.78. The summed E-state index contributed by atoms with van der Waals surface area (Å²) in [6.45, 7) is 9.97. The topological polar surface area (TPSA) is 59.8 Å². The highest BCUT2D eigenvalue weighted by molar-refractivity contribution is 7.99. The largest absolute Gasteiger partial charge is 0.325 e. The van der Waals surface area contributed by atoms with E-state index in [2.05, 4.69) is 15.5 Å². The highest BCUT2D eigenvalue weighted by Crippen LogP contribution is 2.29. The lowest BCUT2D eigenvalue weighted by Gasteiger charge is -2.15. The van der Waals surface area contributed by atoms with E-state index >= 15 is 0 Å². The van der Waals surface area contributed by atoms with Crippen molar-refractivity contribution in [2.45, 2.75) is 45.8 Å². The Labute approximate surface area is 174 Å². The normalized spacial score (nSPS) is 11.1. The lowest BCUT2D eigenvalue weighted by molar-refractivity contribution is -0.113. The molecule has 2 aromatic carbocycles. The van der Waals surface area contributed by atoms with Crippen molar-refractivity contribution in [3.8, 4) is 11.4 Å². The van der Waals surface area contributed by atoms with Crippen LogP contribution in [0.1, 0.15) is 36.6 Å². The molecule has 0 aliphatic heterocycles. The highest BCUT2D eigenvalue weighted by atomic mass is 32.2. The number of hydrogen-bond donors (Lipinski definition) is 1. The van der Waals surface area contributed by atoms with Gasteiger partial charge in [-0.15, -0.1) is 10.2 Å². The number of aryl methyl sites for hydroxylation is 3. The molecule has 1 amide bonds. The van der Waals surface area contributed by atoms with Crippen LogP contribution in [0.4, 0.5) is 10.1 Å². The Morgan fingerprint density at radius 3 is 2.41 bits per heavy atom. The molecule has 0 unspecified atom stereocenters. The Balaban J connectivity index is 1.78. The average molecular weight is 413 g/mol. The molecule has 0 saturated carbocycles. The van der Waals surface area contributed by atoms with E-state index in [0.717, 1.165) is 22.4 Å². The molecule has 0 fully saturated rings. The van der Waals surface area contributed by atoms with Crippen molar-refractivity contribution in [2.75, 3.05) is 11.1 Å². The lowest BCUT2D eigenvalue weighted by Crippen LogP contribution is -2.16. The van der Waals surface area contributed by atoms with Crippen molar-refractivity contribution >= 4 is 23.4 Å². The zero-order chi connectivity index (χ0) is 21.1. The monoisotopic (exact) mass is 412 g/mol. The van der Waals surface area contributed by atoms with Crippen LogP contribution in [0, 0.1) is 26.6 Å². The van der Waals surface area contributed by atoms with Crippen LogP contribution >= 0.6 is 11.8 Å². The number of anilines is 1. The van der Waals surface area contributed by atoms with Crippen molar-refractivity contribution in [1.29, 1.82) is 0 Å². The van der Waals surface area contributed by atoms with Crippen molar-refractivity contribution < 1.29 is 9.18 Å². The van der Waals surface area contributed by atoms with Gasteiger partial charge < -0.3 is 5.32 Å². The first-order valence-corrected chi connectivity index (χ1v) is 10.5. The summed E-state index contributed by atoms with van der Waals surface area (Å²) in [6.07, 6.45) is 0. The first kappa shape index (κ1) is 21.0. The molecule has 5 nitrogen and oxygen atoms in total. The average Bonchev–Trinajstić information content (AvgIpc) is 3.07. The third kappa shape index (κ3) is 4.67. The Hall–Kier alpha value is -2.67. The summed E-state index contributed by atoms with van der Waals surface area (Å²) in [4.78, 5) is 12.5. The molecule has 3 rings (SSSR count). The summed E-state index contributed by atoms with van der Waals surface area (Å²) < 4.78 is 16.1. The predicted octanol–water partition coefficient (Wildman–Crippen LogP) is 5.32. The van der Waals surface area contributed by atoms with E-state index in [-0.39, 0.29) is 23.5 Å². The van der Waals surface area contributed by atoms with Crippen molar-refractivity contribution in [3.05, 3.63) is 58.9 Å². The smallest absolute Gasteiger partial charge is 0.234 e. The maximum Gasteiger partial charge on any atom is 0.234 e. The summed E-state index contributed by atoms with van der Waals surface area (Å²) in [5.41, 5.74) is 4.48. The Morgan fingerprint density at radius 2 is 1.79 bits per heavy atom. The van der Waals surface area contributed by atoms with Gasteiger partial charge in [0.25, 0.3) is 0 Å². The van der Waals surface area contributed by atoms with Crippen LogP contribution in [0.15, 0.2) is 41.6 Å². The number of benzene rings is 2. The molecule has 0 saturated heterocycles. The molecule has 0 atom stereocenters. The maximum absolute atomic E-state index is 14.2. The van der Waals surface area contributed by atoms with Gasteiger partial charge in [-0.25, -0.2) is 4.39 Å². The van der Waals surface area contributed by atoms with E-state index in [1.54, 1.807) is 18.2 Å². The van der Waals surface area contributed by atoms with Crippen molar-refractivity contribution in [2.24, 2.45) is 0 Å². The molecule has 1 N–H and O–H groups in total. The van der Waals surface area contributed by atoms with Gasteiger partial charge in [-0.1, -0.05) is 41.6 Å². The zero-order valence-electron chi connectivity index (χ0n) is 17.3. The number of carbonyl (C=O) groups excluding carboxylic acids is 1. The first-order valence-electron chi connectivity index (χ1n) is 9.48. The minimum Gasteiger partial charge on any atom is -0.325 e. The second-order valence-corrected chi connectivity index (χ2v) is 8.30. The van der Waals surface area contributed by atoms with E-state index in [9.17, 15) is 9.18 Å². The minimum atomic E-state index is -0.346. The molecule has 0 aliphatic carbocycles. The van der Waals surface area contributed by atoms with Gasteiger partial charge in [0.15, 0.2) is 11.0 Å². The molecule has 0 aliphatic rings. The number of amides is 1. The Morgan fingerprint density at radius 1 is 1.14 bits per heavy atom. The molecule has 1 aromatic heterocycles. The van der Waals surface area contributed by atoms with Crippen molar-refractivity contribution in [3.63, 3.8) is 0 Å². The number of rotatable bonds is 6. The molecule has 3 aromatic rings. The number of nitrogens with zero attached hydrogens (tertiary/aromatic N) is 3. The fourth-order valence-electron chi connectivity index (χ4n) is 3.35. The summed E-state index contributed by atoms with van der Waals surface area (Å²) in [6, 6.07) is 10.6. The number of hydrogen-bond acceptors (Lipinski definition) is 4.